The summed E-state index contributed by atoms with van der Waals surface area (Å²) in [6.07, 6.45) is 1.29. The first kappa shape index (κ1) is 8.04. The Kier molecular flexibility index (Phi) is 2.12. The summed E-state index contributed by atoms with van der Waals surface area (Å²) in [5.74, 6) is -1.32. The fraction of sp³-hybridized carbons (Fsp3) is 0.714. The normalized spacial score (nSPS) is 23.7. The summed E-state index contributed by atoms with van der Waals surface area (Å²) in [6, 6.07) is -0.688. The summed E-state index contributed by atoms with van der Waals surface area (Å²) < 4.78 is 0. The molecule has 1 atom stereocenters. The van der Waals surface area contributed by atoms with E-state index in [9.17, 15) is 14.7 Å². The largest absolute Gasteiger partial charge is 0.548 e. The Labute approximate surface area is 64.8 Å². The quantitative estimate of drug-likeness (QED) is 0.476. The Bertz CT molecular complexity index is 170. The Morgan fingerprint density at radius 2 is 2.18 bits per heavy atom. The van der Waals surface area contributed by atoms with E-state index in [4.69, 9.17) is 0 Å². The molecule has 0 aromatic carbocycles. The van der Waals surface area contributed by atoms with Gasteiger partial charge in [-0.2, -0.15) is 0 Å². The lowest BCUT2D eigenvalue weighted by Crippen LogP contribution is -2.46. The van der Waals surface area contributed by atoms with E-state index in [0.29, 0.717) is 13.0 Å². The average Bonchev–Trinajstić information content (AvgIpc) is 2.32. The highest BCUT2D eigenvalue weighted by Gasteiger charge is 2.26. The number of hydrogen-bond donors (Lipinski definition) is 0. The summed E-state index contributed by atoms with van der Waals surface area (Å²) in [4.78, 5) is 22.5. The van der Waals surface area contributed by atoms with Crippen LogP contribution < -0.4 is 5.11 Å². The monoisotopic (exact) mass is 156 g/mol. The van der Waals surface area contributed by atoms with Crippen LogP contribution in [-0.2, 0) is 9.59 Å². The first-order valence-corrected chi connectivity index (χ1v) is 3.61. The molecule has 1 saturated heterocycles. The van der Waals surface area contributed by atoms with Gasteiger partial charge in [-0.3, -0.25) is 4.79 Å². The molecule has 1 rings (SSSR count). The smallest absolute Gasteiger partial charge is 0.219 e. The molecule has 0 aromatic heterocycles. The van der Waals surface area contributed by atoms with E-state index in [-0.39, 0.29) is 5.91 Å². The van der Waals surface area contributed by atoms with Crippen molar-refractivity contribution < 1.29 is 14.7 Å². The Balaban J connectivity index is 2.65. The van der Waals surface area contributed by atoms with E-state index in [1.54, 1.807) is 0 Å². The second-order valence-electron chi connectivity index (χ2n) is 2.69. The van der Waals surface area contributed by atoms with Crippen molar-refractivity contribution in [1.29, 1.82) is 0 Å². The van der Waals surface area contributed by atoms with E-state index >= 15 is 0 Å². The molecule has 1 fully saturated rings. The first-order valence-electron chi connectivity index (χ1n) is 3.61. The zero-order chi connectivity index (χ0) is 8.43. The molecule has 0 saturated carbocycles. The molecule has 1 aliphatic heterocycles. The molecule has 0 bridgehead atoms. The number of nitrogens with zero attached hydrogens (tertiary/aromatic N) is 1. The van der Waals surface area contributed by atoms with Crippen LogP contribution in [0.15, 0.2) is 0 Å². The molecule has 1 amide bonds. The van der Waals surface area contributed by atoms with Crippen molar-refractivity contribution in [3.05, 3.63) is 0 Å². The zero-order valence-electron chi connectivity index (χ0n) is 6.37. The van der Waals surface area contributed by atoms with E-state index < -0.39 is 12.0 Å². The predicted octanol–water partition coefficient (Wildman–Crippen LogP) is -1.25. The molecule has 4 heteroatoms. The van der Waals surface area contributed by atoms with Gasteiger partial charge in [0, 0.05) is 13.5 Å². The minimum absolute atomic E-state index is 0.184. The third-order valence-electron chi connectivity index (χ3n) is 1.93. The molecule has 62 valence electrons. The molecule has 0 N–H and O–H groups in total. The van der Waals surface area contributed by atoms with E-state index in [1.807, 2.05) is 0 Å². The van der Waals surface area contributed by atoms with Crippen molar-refractivity contribution in [2.75, 3.05) is 6.54 Å². The SMILES string of the molecule is CC(=O)N1CCC[C@@H]1C(=O)[O-]. The molecule has 0 spiro atoms. The summed E-state index contributed by atoms with van der Waals surface area (Å²) >= 11 is 0. The first-order chi connectivity index (χ1) is 5.13. The summed E-state index contributed by atoms with van der Waals surface area (Å²) in [5.41, 5.74) is 0. The number of carboxylic acids is 1. The van der Waals surface area contributed by atoms with Gasteiger partial charge in [-0.15, -0.1) is 0 Å². The highest BCUT2D eigenvalue weighted by molar-refractivity contribution is 5.81. The summed E-state index contributed by atoms with van der Waals surface area (Å²) in [6.45, 7) is 1.93. The second kappa shape index (κ2) is 2.90. The van der Waals surface area contributed by atoms with E-state index in [0.717, 1.165) is 6.42 Å². The maximum atomic E-state index is 10.8. The standard InChI is InChI=1S/C7H11NO3/c1-5(9)8-4-2-3-6(8)7(10)11/h6H,2-4H2,1H3,(H,10,11)/p-1/t6-/m1/s1. The van der Waals surface area contributed by atoms with Crippen molar-refractivity contribution in [2.24, 2.45) is 0 Å². The van der Waals surface area contributed by atoms with Gasteiger partial charge < -0.3 is 14.8 Å². The van der Waals surface area contributed by atoms with Crippen LogP contribution >= 0.6 is 0 Å². The number of carbonyl (C=O) groups excluding carboxylic acids is 2. The van der Waals surface area contributed by atoms with Crippen molar-refractivity contribution in [1.82, 2.24) is 4.90 Å². The van der Waals surface area contributed by atoms with E-state index in [2.05, 4.69) is 0 Å². The topological polar surface area (TPSA) is 60.4 Å². The molecule has 1 heterocycles. The number of amides is 1. The van der Waals surface area contributed by atoms with Crippen LogP contribution in [0, 0.1) is 0 Å². The van der Waals surface area contributed by atoms with Gasteiger partial charge in [-0.25, -0.2) is 0 Å². The molecule has 1 aliphatic rings. The number of carbonyl (C=O) groups is 2. The molecule has 0 radical (unpaired) electrons. The average molecular weight is 156 g/mol. The maximum absolute atomic E-state index is 10.8. The van der Waals surface area contributed by atoms with Crippen molar-refractivity contribution in [3.8, 4) is 0 Å². The van der Waals surface area contributed by atoms with Crippen LogP contribution in [-0.4, -0.2) is 29.4 Å². The Morgan fingerprint density at radius 3 is 2.55 bits per heavy atom. The van der Waals surface area contributed by atoms with Crippen LogP contribution in [0.3, 0.4) is 0 Å². The fourth-order valence-electron chi connectivity index (χ4n) is 1.39. The fourth-order valence-corrected chi connectivity index (χ4v) is 1.39. The molecule has 11 heavy (non-hydrogen) atoms. The number of aliphatic carboxylic acids is 1. The van der Waals surface area contributed by atoms with Gasteiger partial charge in [0.1, 0.15) is 0 Å². The predicted molar refractivity (Wildman–Crippen MR) is 35.4 cm³/mol. The minimum atomic E-state index is -1.14. The van der Waals surface area contributed by atoms with Crippen LogP contribution in [0.5, 0.6) is 0 Å². The highest BCUT2D eigenvalue weighted by atomic mass is 16.4. The van der Waals surface area contributed by atoms with Gasteiger partial charge in [0.05, 0.1) is 12.0 Å². The maximum Gasteiger partial charge on any atom is 0.219 e. The Hall–Kier alpha value is -1.06. The van der Waals surface area contributed by atoms with Crippen LogP contribution in [0.2, 0.25) is 0 Å². The third-order valence-corrected chi connectivity index (χ3v) is 1.93. The van der Waals surface area contributed by atoms with Crippen LogP contribution in [0.4, 0.5) is 0 Å². The lowest BCUT2D eigenvalue weighted by atomic mass is 10.2. The number of hydrogen-bond acceptors (Lipinski definition) is 3. The van der Waals surface area contributed by atoms with Gasteiger partial charge in [0.25, 0.3) is 0 Å². The summed E-state index contributed by atoms with van der Waals surface area (Å²) in [5, 5.41) is 10.4. The molecular weight excluding hydrogens is 146 g/mol. The van der Waals surface area contributed by atoms with Gasteiger partial charge in [0.2, 0.25) is 5.91 Å². The number of rotatable bonds is 1. The molecule has 0 unspecified atom stereocenters. The van der Waals surface area contributed by atoms with Crippen molar-refractivity contribution >= 4 is 11.9 Å². The van der Waals surface area contributed by atoms with Gasteiger partial charge in [-0.05, 0) is 12.8 Å². The molecule has 0 aromatic rings. The number of carboxylic acid groups (broad SMARTS) is 1. The number of likely N-dealkylation sites (tertiary alicyclic amines) is 1. The summed E-state index contributed by atoms with van der Waals surface area (Å²) in [7, 11) is 0. The molecule has 4 nitrogen and oxygen atoms in total. The van der Waals surface area contributed by atoms with Gasteiger partial charge in [0.15, 0.2) is 0 Å². The van der Waals surface area contributed by atoms with Gasteiger partial charge in [-0.1, -0.05) is 0 Å². The zero-order valence-corrected chi connectivity index (χ0v) is 6.37. The molecule has 0 aliphatic carbocycles. The van der Waals surface area contributed by atoms with Crippen molar-refractivity contribution in [2.45, 2.75) is 25.8 Å². The van der Waals surface area contributed by atoms with E-state index in [1.165, 1.54) is 11.8 Å². The lowest BCUT2D eigenvalue weighted by molar-refractivity contribution is -0.310. The van der Waals surface area contributed by atoms with Crippen molar-refractivity contribution in [3.63, 3.8) is 0 Å². The lowest BCUT2D eigenvalue weighted by Gasteiger charge is -2.23. The van der Waals surface area contributed by atoms with Gasteiger partial charge >= 0.3 is 0 Å². The minimum Gasteiger partial charge on any atom is -0.548 e. The van der Waals surface area contributed by atoms with Crippen LogP contribution in [0.25, 0.3) is 0 Å². The second-order valence-corrected chi connectivity index (χ2v) is 2.69. The highest BCUT2D eigenvalue weighted by Crippen LogP contribution is 2.15. The Morgan fingerprint density at radius 1 is 1.55 bits per heavy atom. The van der Waals surface area contributed by atoms with Crippen LogP contribution in [0.1, 0.15) is 19.8 Å². The molecular formula is C7H10NO3-. The third kappa shape index (κ3) is 1.50.